The summed E-state index contributed by atoms with van der Waals surface area (Å²) < 4.78 is 0. The quantitative estimate of drug-likeness (QED) is 0.900. The minimum Gasteiger partial charge on any atom is -0.339 e. The summed E-state index contributed by atoms with van der Waals surface area (Å²) in [7, 11) is 0. The summed E-state index contributed by atoms with van der Waals surface area (Å²) in [5.41, 5.74) is 7.87. The Balaban J connectivity index is 1.54. The van der Waals surface area contributed by atoms with E-state index in [0.29, 0.717) is 26.2 Å². The van der Waals surface area contributed by atoms with Gasteiger partial charge >= 0.3 is 0 Å². The Morgan fingerprint density at radius 2 is 1.62 bits per heavy atom. The predicted molar refractivity (Wildman–Crippen MR) is 93.6 cm³/mol. The number of carbonyl (C=O) groups is 2. The largest absolute Gasteiger partial charge is 0.339 e. The van der Waals surface area contributed by atoms with Crippen LogP contribution in [0.25, 0.3) is 0 Å². The maximum absolute atomic E-state index is 12.6. The molecule has 2 aliphatic rings. The first-order valence-corrected chi connectivity index (χ1v) is 8.95. The fraction of sp³-hybridized carbons (Fsp3) is 0.579. The zero-order valence-corrected chi connectivity index (χ0v) is 14.4. The van der Waals surface area contributed by atoms with E-state index in [1.807, 2.05) is 41.0 Å². The smallest absolute Gasteiger partial charge is 0.253 e. The van der Waals surface area contributed by atoms with Crippen LogP contribution >= 0.6 is 0 Å². The molecular formula is C19H27N3O2. The van der Waals surface area contributed by atoms with Gasteiger partial charge in [-0.3, -0.25) is 9.59 Å². The molecule has 2 N–H and O–H groups in total. The molecule has 2 unspecified atom stereocenters. The Bertz CT molecular complexity index is 591. The summed E-state index contributed by atoms with van der Waals surface area (Å²) in [6.07, 6.45) is 3.84. The fourth-order valence-electron chi connectivity index (χ4n) is 3.72. The zero-order chi connectivity index (χ0) is 17.1. The maximum atomic E-state index is 12.6. The minimum atomic E-state index is 0.0572. The molecule has 0 radical (unpaired) electrons. The van der Waals surface area contributed by atoms with Gasteiger partial charge in [0.05, 0.1) is 0 Å². The Labute approximate surface area is 143 Å². The van der Waals surface area contributed by atoms with Gasteiger partial charge in [-0.2, -0.15) is 0 Å². The summed E-state index contributed by atoms with van der Waals surface area (Å²) in [5.74, 6) is 0.363. The summed E-state index contributed by atoms with van der Waals surface area (Å²) in [5, 5.41) is 0. The highest BCUT2D eigenvalue weighted by atomic mass is 16.2. The van der Waals surface area contributed by atoms with Crippen LogP contribution in [0.15, 0.2) is 24.3 Å². The van der Waals surface area contributed by atoms with Crippen molar-refractivity contribution in [2.24, 2.45) is 11.7 Å². The van der Waals surface area contributed by atoms with E-state index < -0.39 is 0 Å². The van der Waals surface area contributed by atoms with Gasteiger partial charge in [0.15, 0.2) is 0 Å². The number of nitrogens with zero attached hydrogens (tertiary/aromatic N) is 2. The van der Waals surface area contributed by atoms with E-state index in [9.17, 15) is 9.59 Å². The van der Waals surface area contributed by atoms with E-state index in [1.165, 1.54) is 0 Å². The van der Waals surface area contributed by atoms with Gasteiger partial charge in [0.25, 0.3) is 5.91 Å². The van der Waals surface area contributed by atoms with E-state index in [1.54, 1.807) is 0 Å². The summed E-state index contributed by atoms with van der Waals surface area (Å²) >= 11 is 0. The second-order valence-corrected chi connectivity index (χ2v) is 7.11. The summed E-state index contributed by atoms with van der Waals surface area (Å²) in [4.78, 5) is 29.0. The second-order valence-electron chi connectivity index (χ2n) is 7.11. The summed E-state index contributed by atoms with van der Waals surface area (Å²) in [6.45, 7) is 4.48. The van der Waals surface area contributed by atoms with Crippen molar-refractivity contribution in [2.45, 2.75) is 38.6 Å². The van der Waals surface area contributed by atoms with Crippen LogP contribution in [0.2, 0.25) is 0 Å². The Hall–Kier alpha value is -1.88. The normalized spacial score (nSPS) is 24.8. The molecule has 1 aliphatic heterocycles. The van der Waals surface area contributed by atoms with Gasteiger partial charge in [0.1, 0.15) is 0 Å². The average Bonchev–Trinajstić information content (AvgIpc) is 2.61. The SMILES string of the molecule is Cc1ccc(C(=O)N2CCN(C(=O)C3CCCC(N)C3)CC2)cc1. The van der Waals surface area contributed by atoms with Crippen molar-refractivity contribution < 1.29 is 9.59 Å². The molecule has 1 aromatic carbocycles. The number of piperazine rings is 1. The maximum Gasteiger partial charge on any atom is 0.253 e. The monoisotopic (exact) mass is 329 g/mol. The van der Waals surface area contributed by atoms with Crippen molar-refractivity contribution in [3.63, 3.8) is 0 Å². The highest BCUT2D eigenvalue weighted by molar-refractivity contribution is 5.94. The standard InChI is InChI=1S/C19H27N3O2/c1-14-5-7-15(8-6-14)18(23)21-9-11-22(12-10-21)19(24)16-3-2-4-17(20)13-16/h5-8,16-17H,2-4,9-13,20H2,1H3. The number of carbonyl (C=O) groups excluding carboxylic acids is 2. The molecule has 5 nitrogen and oxygen atoms in total. The highest BCUT2D eigenvalue weighted by Crippen LogP contribution is 2.25. The number of amides is 2. The summed E-state index contributed by atoms with van der Waals surface area (Å²) in [6, 6.07) is 7.83. The lowest BCUT2D eigenvalue weighted by atomic mass is 9.85. The van der Waals surface area contributed by atoms with Gasteiger partial charge in [0, 0.05) is 43.7 Å². The Morgan fingerprint density at radius 3 is 2.25 bits per heavy atom. The molecule has 2 atom stereocenters. The second kappa shape index (κ2) is 7.34. The van der Waals surface area contributed by atoms with Crippen LogP contribution in [0, 0.1) is 12.8 Å². The van der Waals surface area contributed by atoms with Crippen LogP contribution in [0.5, 0.6) is 0 Å². The topological polar surface area (TPSA) is 66.6 Å². The van der Waals surface area contributed by atoms with Crippen molar-refractivity contribution >= 4 is 11.8 Å². The average molecular weight is 329 g/mol. The van der Waals surface area contributed by atoms with Crippen LogP contribution in [-0.4, -0.2) is 53.8 Å². The lowest BCUT2D eigenvalue weighted by Gasteiger charge is -2.37. The molecule has 1 aromatic rings. The van der Waals surface area contributed by atoms with Crippen molar-refractivity contribution in [1.82, 2.24) is 9.80 Å². The predicted octanol–water partition coefficient (Wildman–Crippen LogP) is 1.80. The van der Waals surface area contributed by atoms with Crippen LogP contribution in [0.1, 0.15) is 41.6 Å². The molecular weight excluding hydrogens is 302 g/mol. The molecule has 1 saturated heterocycles. The van der Waals surface area contributed by atoms with E-state index in [0.717, 1.165) is 36.8 Å². The first-order valence-electron chi connectivity index (χ1n) is 8.95. The number of benzene rings is 1. The molecule has 1 aliphatic carbocycles. The van der Waals surface area contributed by atoms with Gasteiger partial charge in [0.2, 0.25) is 5.91 Å². The zero-order valence-electron chi connectivity index (χ0n) is 14.4. The van der Waals surface area contributed by atoms with Crippen molar-refractivity contribution in [3.8, 4) is 0 Å². The van der Waals surface area contributed by atoms with Crippen LogP contribution in [0.3, 0.4) is 0 Å². The third-order valence-corrected chi connectivity index (χ3v) is 5.24. The molecule has 5 heteroatoms. The number of hydrogen-bond acceptors (Lipinski definition) is 3. The van der Waals surface area contributed by atoms with E-state index in [2.05, 4.69) is 0 Å². The van der Waals surface area contributed by atoms with Gasteiger partial charge < -0.3 is 15.5 Å². The van der Waals surface area contributed by atoms with E-state index in [-0.39, 0.29) is 23.8 Å². The van der Waals surface area contributed by atoms with Crippen molar-refractivity contribution in [2.75, 3.05) is 26.2 Å². The molecule has 1 heterocycles. The van der Waals surface area contributed by atoms with Gasteiger partial charge in [-0.15, -0.1) is 0 Å². The third kappa shape index (κ3) is 3.78. The molecule has 3 rings (SSSR count). The van der Waals surface area contributed by atoms with Gasteiger partial charge in [-0.25, -0.2) is 0 Å². The third-order valence-electron chi connectivity index (χ3n) is 5.24. The molecule has 24 heavy (non-hydrogen) atoms. The molecule has 0 bridgehead atoms. The Morgan fingerprint density at radius 1 is 1.00 bits per heavy atom. The highest BCUT2D eigenvalue weighted by Gasteiger charge is 2.31. The first kappa shape index (κ1) is 17.0. The number of nitrogens with two attached hydrogens (primary N) is 1. The first-order chi connectivity index (χ1) is 11.5. The Kier molecular flexibility index (Phi) is 5.19. The molecule has 0 aromatic heterocycles. The fourth-order valence-corrected chi connectivity index (χ4v) is 3.72. The van der Waals surface area contributed by atoms with Crippen molar-refractivity contribution in [1.29, 1.82) is 0 Å². The number of rotatable bonds is 2. The van der Waals surface area contributed by atoms with Gasteiger partial charge in [-0.05, 0) is 38.3 Å². The minimum absolute atomic E-state index is 0.0572. The van der Waals surface area contributed by atoms with Crippen LogP contribution in [0.4, 0.5) is 0 Å². The lowest BCUT2D eigenvalue weighted by molar-refractivity contribution is -0.138. The van der Waals surface area contributed by atoms with E-state index in [4.69, 9.17) is 5.73 Å². The molecule has 1 saturated carbocycles. The molecule has 2 amide bonds. The number of aryl methyl sites for hydroxylation is 1. The molecule has 2 fully saturated rings. The van der Waals surface area contributed by atoms with Crippen LogP contribution in [-0.2, 0) is 4.79 Å². The van der Waals surface area contributed by atoms with E-state index >= 15 is 0 Å². The van der Waals surface area contributed by atoms with Gasteiger partial charge in [-0.1, -0.05) is 24.1 Å². The number of hydrogen-bond donors (Lipinski definition) is 1. The molecule has 130 valence electrons. The van der Waals surface area contributed by atoms with Crippen molar-refractivity contribution in [3.05, 3.63) is 35.4 Å². The van der Waals surface area contributed by atoms with Crippen LogP contribution < -0.4 is 5.73 Å². The lowest BCUT2D eigenvalue weighted by Crippen LogP contribution is -2.52. The molecule has 0 spiro atoms.